The predicted octanol–water partition coefficient (Wildman–Crippen LogP) is 5.21. The molecule has 0 saturated heterocycles. The summed E-state index contributed by atoms with van der Waals surface area (Å²) in [5, 5.41) is 0. The van der Waals surface area contributed by atoms with Gasteiger partial charge in [0, 0.05) is 17.8 Å². The van der Waals surface area contributed by atoms with Gasteiger partial charge >= 0.3 is 0 Å². The summed E-state index contributed by atoms with van der Waals surface area (Å²) in [5.41, 5.74) is 5.33. The van der Waals surface area contributed by atoms with Crippen molar-refractivity contribution in [2.24, 2.45) is 0 Å². The van der Waals surface area contributed by atoms with E-state index in [1.165, 1.54) is 5.56 Å². The number of benzene rings is 3. The van der Waals surface area contributed by atoms with E-state index in [0.29, 0.717) is 6.61 Å². The molecule has 0 saturated carbocycles. The second kappa shape index (κ2) is 7.89. The van der Waals surface area contributed by atoms with E-state index in [-0.39, 0.29) is 11.8 Å². The minimum atomic E-state index is -0.181. The quantitative estimate of drug-likeness (QED) is 0.631. The Bertz CT molecular complexity index is 964. The number of aryl methyl sites for hydroxylation is 1. The third-order valence-electron chi connectivity index (χ3n) is 5.43. The van der Waals surface area contributed by atoms with Crippen molar-refractivity contribution >= 4 is 11.5 Å². The summed E-state index contributed by atoms with van der Waals surface area (Å²) in [6, 6.07) is 24.2. The molecule has 1 heterocycles. The Labute approximate surface area is 166 Å². The minimum absolute atomic E-state index is 0.169. The summed E-state index contributed by atoms with van der Waals surface area (Å²) < 4.78 is 5.96. The van der Waals surface area contributed by atoms with E-state index in [4.69, 9.17) is 4.74 Å². The third kappa shape index (κ3) is 3.79. The van der Waals surface area contributed by atoms with Crippen molar-refractivity contribution in [2.45, 2.75) is 32.9 Å². The molecule has 1 atom stereocenters. The molecule has 0 radical (unpaired) electrons. The summed E-state index contributed by atoms with van der Waals surface area (Å²) in [4.78, 5) is 15.3. The Hall–Kier alpha value is -3.07. The molecule has 3 heteroatoms. The second-order valence-electron chi connectivity index (χ2n) is 7.41. The normalized spacial score (nSPS) is 16.4. The van der Waals surface area contributed by atoms with E-state index in [1.54, 1.807) is 0 Å². The number of carbonyl (C=O) groups is 1. The van der Waals surface area contributed by atoms with Gasteiger partial charge in [-0.2, -0.15) is 0 Å². The first-order valence-electron chi connectivity index (χ1n) is 9.79. The smallest absolute Gasteiger partial charge is 0.185 e. The van der Waals surface area contributed by atoms with E-state index in [0.717, 1.165) is 41.1 Å². The molecule has 0 aliphatic carbocycles. The van der Waals surface area contributed by atoms with Gasteiger partial charge < -0.3 is 9.64 Å². The third-order valence-corrected chi connectivity index (χ3v) is 5.43. The van der Waals surface area contributed by atoms with Crippen LogP contribution in [-0.2, 0) is 13.0 Å². The summed E-state index contributed by atoms with van der Waals surface area (Å²) >= 11 is 0. The molecule has 1 aliphatic heterocycles. The molecule has 3 aromatic rings. The SMILES string of the molecule is Cc1ccc(N2CCc3cc(OCc4ccccc4)ccc3C(=O)C2C)cc1. The van der Waals surface area contributed by atoms with Crippen molar-refractivity contribution in [3.8, 4) is 5.75 Å². The molecule has 4 rings (SSSR count). The van der Waals surface area contributed by atoms with Crippen molar-refractivity contribution in [1.82, 2.24) is 0 Å². The molecule has 0 N–H and O–H groups in total. The molecule has 142 valence electrons. The van der Waals surface area contributed by atoms with Crippen molar-refractivity contribution in [3.63, 3.8) is 0 Å². The highest BCUT2D eigenvalue weighted by Gasteiger charge is 2.28. The van der Waals surface area contributed by atoms with Crippen molar-refractivity contribution in [2.75, 3.05) is 11.4 Å². The lowest BCUT2D eigenvalue weighted by molar-refractivity contribution is 0.0966. The summed E-state index contributed by atoms with van der Waals surface area (Å²) in [6.45, 7) is 5.41. The maximum Gasteiger partial charge on any atom is 0.185 e. The van der Waals surface area contributed by atoms with Gasteiger partial charge in [-0.3, -0.25) is 4.79 Å². The number of anilines is 1. The highest BCUT2D eigenvalue weighted by molar-refractivity contribution is 6.03. The minimum Gasteiger partial charge on any atom is -0.489 e. The summed E-state index contributed by atoms with van der Waals surface area (Å²) in [7, 11) is 0. The van der Waals surface area contributed by atoms with Crippen LogP contribution in [0.4, 0.5) is 5.69 Å². The van der Waals surface area contributed by atoms with Crippen LogP contribution in [0.25, 0.3) is 0 Å². The molecule has 0 aromatic heterocycles. The van der Waals surface area contributed by atoms with Gasteiger partial charge in [0.2, 0.25) is 0 Å². The van der Waals surface area contributed by atoms with Crippen LogP contribution in [0.1, 0.15) is 34.0 Å². The average molecular weight is 371 g/mol. The molecule has 0 spiro atoms. The van der Waals surface area contributed by atoms with Crippen LogP contribution < -0.4 is 9.64 Å². The summed E-state index contributed by atoms with van der Waals surface area (Å²) in [5.74, 6) is 0.981. The van der Waals surface area contributed by atoms with E-state index in [1.807, 2.05) is 55.5 Å². The van der Waals surface area contributed by atoms with Crippen LogP contribution in [0.3, 0.4) is 0 Å². The molecule has 0 fully saturated rings. The van der Waals surface area contributed by atoms with Crippen LogP contribution in [0.2, 0.25) is 0 Å². The number of nitrogens with zero attached hydrogens (tertiary/aromatic N) is 1. The van der Waals surface area contributed by atoms with E-state index >= 15 is 0 Å². The van der Waals surface area contributed by atoms with Gasteiger partial charge in [-0.15, -0.1) is 0 Å². The van der Waals surface area contributed by atoms with Gasteiger partial charge in [-0.25, -0.2) is 0 Å². The highest BCUT2D eigenvalue weighted by atomic mass is 16.5. The maximum absolute atomic E-state index is 13.1. The van der Waals surface area contributed by atoms with Gasteiger partial charge in [0.05, 0.1) is 6.04 Å². The zero-order chi connectivity index (χ0) is 19.5. The lowest BCUT2D eigenvalue weighted by atomic mass is 9.99. The first-order valence-corrected chi connectivity index (χ1v) is 9.79. The van der Waals surface area contributed by atoms with E-state index < -0.39 is 0 Å². The van der Waals surface area contributed by atoms with Crippen molar-refractivity contribution < 1.29 is 9.53 Å². The lowest BCUT2D eigenvalue weighted by Crippen LogP contribution is -2.38. The topological polar surface area (TPSA) is 29.5 Å². The van der Waals surface area contributed by atoms with Gasteiger partial charge in [0.15, 0.2) is 5.78 Å². The van der Waals surface area contributed by atoms with Crippen LogP contribution in [0, 0.1) is 6.92 Å². The molecule has 1 aliphatic rings. The number of rotatable bonds is 4. The number of ether oxygens (including phenoxy) is 1. The molecule has 1 unspecified atom stereocenters. The van der Waals surface area contributed by atoms with Gasteiger partial charge in [-0.05, 0) is 61.7 Å². The fourth-order valence-corrected chi connectivity index (χ4v) is 3.74. The Morgan fingerprint density at radius 2 is 1.75 bits per heavy atom. The number of fused-ring (bicyclic) bond motifs is 1. The number of carbonyl (C=O) groups excluding carboxylic acids is 1. The Balaban J connectivity index is 1.54. The fraction of sp³-hybridized carbons (Fsp3) is 0.240. The highest BCUT2D eigenvalue weighted by Crippen LogP contribution is 2.28. The van der Waals surface area contributed by atoms with Gasteiger partial charge in [0.1, 0.15) is 12.4 Å². The molecule has 0 amide bonds. The van der Waals surface area contributed by atoms with Crippen LogP contribution >= 0.6 is 0 Å². The van der Waals surface area contributed by atoms with Crippen LogP contribution in [0.5, 0.6) is 5.75 Å². The Morgan fingerprint density at radius 3 is 2.50 bits per heavy atom. The van der Waals surface area contributed by atoms with Crippen LogP contribution in [0.15, 0.2) is 72.8 Å². The zero-order valence-electron chi connectivity index (χ0n) is 16.4. The molecule has 0 bridgehead atoms. The van der Waals surface area contributed by atoms with Crippen LogP contribution in [-0.4, -0.2) is 18.4 Å². The Kier molecular flexibility index (Phi) is 5.16. The predicted molar refractivity (Wildman–Crippen MR) is 113 cm³/mol. The molecule has 28 heavy (non-hydrogen) atoms. The largest absolute Gasteiger partial charge is 0.489 e. The first-order chi connectivity index (χ1) is 13.6. The molecular weight excluding hydrogens is 346 g/mol. The molecule has 3 aromatic carbocycles. The maximum atomic E-state index is 13.1. The standard InChI is InChI=1S/C25H25NO2/c1-18-8-10-22(11-9-18)26-15-14-21-16-23(12-13-24(21)25(27)19(26)2)28-17-20-6-4-3-5-7-20/h3-13,16,19H,14-15,17H2,1-2H3. The summed E-state index contributed by atoms with van der Waals surface area (Å²) in [6.07, 6.45) is 0.821. The van der Waals surface area contributed by atoms with Gasteiger partial charge in [0.25, 0.3) is 0 Å². The fourth-order valence-electron chi connectivity index (χ4n) is 3.74. The van der Waals surface area contributed by atoms with Crippen molar-refractivity contribution in [3.05, 3.63) is 95.1 Å². The van der Waals surface area contributed by atoms with Crippen molar-refractivity contribution in [1.29, 1.82) is 0 Å². The average Bonchev–Trinajstić information content (AvgIpc) is 2.85. The molecular formula is C25H25NO2. The number of hydrogen-bond donors (Lipinski definition) is 0. The number of ketones is 1. The number of Topliss-reactive ketones (excluding diaryl/α,β-unsaturated/α-hetero) is 1. The Morgan fingerprint density at radius 1 is 1.00 bits per heavy atom. The van der Waals surface area contributed by atoms with E-state index in [9.17, 15) is 4.79 Å². The van der Waals surface area contributed by atoms with E-state index in [2.05, 4.69) is 36.1 Å². The lowest BCUT2D eigenvalue weighted by Gasteiger charge is -2.28. The monoisotopic (exact) mass is 371 g/mol. The second-order valence-corrected chi connectivity index (χ2v) is 7.41. The molecule has 3 nitrogen and oxygen atoms in total. The van der Waals surface area contributed by atoms with Gasteiger partial charge in [-0.1, -0.05) is 48.0 Å². The zero-order valence-corrected chi connectivity index (χ0v) is 16.4. The number of hydrogen-bond acceptors (Lipinski definition) is 3. The first kappa shape index (κ1) is 18.3.